The Morgan fingerprint density at radius 1 is 1.10 bits per heavy atom. The summed E-state index contributed by atoms with van der Waals surface area (Å²) in [5, 5.41) is 4.04. The van der Waals surface area contributed by atoms with Crippen LogP contribution in [-0.2, 0) is 4.79 Å². The van der Waals surface area contributed by atoms with Gasteiger partial charge in [0.1, 0.15) is 0 Å². The van der Waals surface area contributed by atoms with E-state index in [1.807, 2.05) is 55.6 Å². The quantitative estimate of drug-likeness (QED) is 0.648. The van der Waals surface area contributed by atoms with E-state index in [1.54, 1.807) is 0 Å². The van der Waals surface area contributed by atoms with Gasteiger partial charge in [0, 0.05) is 39.5 Å². The highest BCUT2D eigenvalue weighted by Gasteiger charge is 2.24. The normalized spacial score (nSPS) is 15.5. The van der Waals surface area contributed by atoms with Crippen LogP contribution >= 0.6 is 0 Å². The van der Waals surface area contributed by atoms with Gasteiger partial charge in [0.05, 0.1) is 0 Å². The van der Waals surface area contributed by atoms with Crippen molar-refractivity contribution in [2.24, 2.45) is 0 Å². The lowest BCUT2D eigenvalue weighted by molar-refractivity contribution is -0.110. The molecule has 0 spiro atoms. The molecule has 0 radical (unpaired) electrons. The van der Waals surface area contributed by atoms with Crippen LogP contribution in [0, 0.1) is 6.92 Å². The molecule has 0 saturated heterocycles. The van der Waals surface area contributed by atoms with Crippen LogP contribution in [0.1, 0.15) is 16.7 Å². The summed E-state index contributed by atoms with van der Waals surface area (Å²) in [6, 6.07) is 14.1. The fourth-order valence-electron chi connectivity index (χ4n) is 2.81. The number of carbonyl (C=O) groups excluding carboxylic acids is 1. The zero-order valence-electron chi connectivity index (χ0n) is 11.6. The van der Waals surface area contributed by atoms with Crippen molar-refractivity contribution in [3.63, 3.8) is 0 Å². The molecule has 21 heavy (non-hydrogen) atoms. The van der Waals surface area contributed by atoms with Gasteiger partial charge in [-0.05, 0) is 31.2 Å². The number of rotatable bonds is 1. The molecule has 0 saturated carbocycles. The van der Waals surface area contributed by atoms with E-state index < -0.39 is 0 Å². The summed E-state index contributed by atoms with van der Waals surface area (Å²) < 4.78 is 0. The van der Waals surface area contributed by atoms with Crippen molar-refractivity contribution in [1.29, 1.82) is 0 Å². The van der Waals surface area contributed by atoms with Gasteiger partial charge >= 0.3 is 0 Å². The maximum Gasteiger partial charge on any atom is 0.256 e. The molecule has 2 aromatic carbocycles. The number of nitrogens with one attached hydrogen (secondary N) is 2. The van der Waals surface area contributed by atoms with Crippen molar-refractivity contribution < 1.29 is 4.79 Å². The standard InChI is InChI=1S/C18H14N2O/c1-11-6-7-17-14(8-11)15(18(21)20-17)9-12-10-19-16-5-3-2-4-13(12)16/h2-10,19H,1H3,(H,20,21)/b15-9-. The third-order valence-corrected chi connectivity index (χ3v) is 3.88. The maximum atomic E-state index is 12.2. The van der Waals surface area contributed by atoms with E-state index in [1.165, 1.54) is 0 Å². The number of anilines is 1. The summed E-state index contributed by atoms with van der Waals surface area (Å²) in [5.74, 6) is -0.0409. The van der Waals surface area contributed by atoms with Crippen molar-refractivity contribution in [2.75, 3.05) is 5.32 Å². The number of aryl methyl sites for hydroxylation is 1. The third kappa shape index (κ3) is 1.86. The lowest BCUT2D eigenvalue weighted by Gasteiger charge is -2.00. The minimum Gasteiger partial charge on any atom is -0.361 e. The first kappa shape index (κ1) is 12.0. The van der Waals surface area contributed by atoms with E-state index in [0.717, 1.165) is 38.9 Å². The van der Waals surface area contributed by atoms with Gasteiger partial charge in [-0.15, -0.1) is 0 Å². The number of para-hydroxylation sites is 1. The second-order valence-electron chi connectivity index (χ2n) is 5.35. The van der Waals surface area contributed by atoms with Crippen LogP contribution in [0.4, 0.5) is 5.69 Å². The molecule has 1 aromatic heterocycles. The van der Waals surface area contributed by atoms with Crippen molar-refractivity contribution in [3.8, 4) is 0 Å². The number of carbonyl (C=O) groups is 1. The molecule has 1 aliphatic heterocycles. The fraction of sp³-hybridized carbons (Fsp3) is 0.0556. The number of fused-ring (bicyclic) bond motifs is 2. The molecule has 3 nitrogen and oxygen atoms in total. The summed E-state index contributed by atoms with van der Waals surface area (Å²) in [6.45, 7) is 2.03. The Labute approximate surface area is 122 Å². The minimum atomic E-state index is -0.0409. The van der Waals surface area contributed by atoms with Crippen molar-refractivity contribution in [3.05, 3.63) is 65.4 Å². The highest BCUT2D eigenvalue weighted by Crippen LogP contribution is 2.34. The molecule has 1 aliphatic rings. The molecule has 102 valence electrons. The van der Waals surface area contributed by atoms with E-state index in [-0.39, 0.29) is 5.91 Å². The Balaban J connectivity index is 1.90. The maximum absolute atomic E-state index is 12.2. The molecule has 0 bridgehead atoms. The SMILES string of the molecule is Cc1ccc2c(c1)/C(=C/c1c[nH]c3ccccc13)C(=O)N2. The predicted octanol–water partition coefficient (Wildman–Crippen LogP) is 3.97. The molecule has 0 aliphatic carbocycles. The van der Waals surface area contributed by atoms with Crippen LogP contribution in [0.5, 0.6) is 0 Å². The van der Waals surface area contributed by atoms with Gasteiger partial charge in [0.15, 0.2) is 0 Å². The summed E-state index contributed by atoms with van der Waals surface area (Å²) in [4.78, 5) is 15.5. The summed E-state index contributed by atoms with van der Waals surface area (Å²) in [5.41, 5.74) is 5.84. The monoisotopic (exact) mass is 274 g/mol. The zero-order chi connectivity index (χ0) is 14.4. The predicted molar refractivity (Wildman–Crippen MR) is 86.0 cm³/mol. The first-order chi connectivity index (χ1) is 10.2. The highest BCUT2D eigenvalue weighted by molar-refractivity contribution is 6.35. The Kier molecular flexibility index (Phi) is 2.48. The fourth-order valence-corrected chi connectivity index (χ4v) is 2.81. The van der Waals surface area contributed by atoms with E-state index in [4.69, 9.17) is 0 Å². The number of hydrogen-bond acceptors (Lipinski definition) is 1. The lowest BCUT2D eigenvalue weighted by atomic mass is 10.0. The Morgan fingerprint density at radius 3 is 2.86 bits per heavy atom. The molecule has 0 unspecified atom stereocenters. The van der Waals surface area contributed by atoms with E-state index in [0.29, 0.717) is 0 Å². The van der Waals surface area contributed by atoms with Crippen molar-refractivity contribution >= 4 is 34.1 Å². The van der Waals surface area contributed by atoms with Gasteiger partial charge in [-0.3, -0.25) is 4.79 Å². The summed E-state index contributed by atoms with van der Waals surface area (Å²) in [7, 11) is 0. The van der Waals surface area contributed by atoms with Crippen LogP contribution in [0.3, 0.4) is 0 Å². The van der Waals surface area contributed by atoms with Crippen molar-refractivity contribution in [1.82, 2.24) is 4.98 Å². The molecular weight excluding hydrogens is 260 g/mol. The van der Waals surface area contributed by atoms with Gasteiger partial charge in [-0.1, -0.05) is 29.8 Å². The average Bonchev–Trinajstić information content (AvgIpc) is 3.02. The summed E-state index contributed by atoms with van der Waals surface area (Å²) >= 11 is 0. The lowest BCUT2D eigenvalue weighted by Crippen LogP contribution is -2.03. The molecule has 0 fully saturated rings. The number of aromatic nitrogens is 1. The van der Waals surface area contributed by atoms with Gasteiger partial charge in [-0.2, -0.15) is 0 Å². The van der Waals surface area contributed by atoms with Gasteiger partial charge in [0.2, 0.25) is 0 Å². The molecule has 0 atom stereocenters. The first-order valence-electron chi connectivity index (χ1n) is 6.92. The van der Waals surface area contributed by atoms with Crippen LogP contribution in [-0.4, -0.2) is 10.9 Å². The Hall–Kier alpha value is -2.81. The topological polar surface area (TPSA) is 44.9 Å². The second kappa shape index (κ2) is 4.35. The number of benzene rings is 2. The van der Waals surface area contributed by atoms with E-state index in [9.17, 15) is 4.79 Å². The first-order valence-corrected chi connectivity index (χ1v) is 6.92. The molecule has 2 N–H and O–H groups in total. The number of hydrogen-bond donors (Lipinski definition) is 2. The average molecular weight is 274 g/mol. The summed E-state index contributed by atoms with van der Waals surface area (Å²) in [6.07, 6.45) is 3.90. The molecular formula is C18H14N2O. The van der Waals surface area contributed by atoms with Crippen LogP contribution in [0.2, 0.25) is 0 Å². The molecule has 4 rings (SSSR count). The zero-order valence-corrected chi connectivity index (χ0v) is 11.6. The van der Waals surface area contributed by atoms with Crippen LogP contribution < -0.4 is 5.32 Å². The highest BCUT2D eigenvalue weighted by atomic mass is 16.2. The number of H-pyrrole nitrogens is 1. The largest absolute Gasteiger partial charge is 0.361 e. The van der Waals surface area contributed by atoms with E-state index >= 15 is 0 Å². The molecule has 3 heteroatoms. The Bertz CT molecular complexity index is 902. The van der Waals surface area contributed by atoms with E-state index in [2.05, 4.69) is 16.4 Å². The molecule has 2 heterocycles. The second-order valence-corrected chi connectivity index (χ2v) is 5.35. The van der Waals surface area contributed by atoms with Gasteiger partial charge in [0.25, 0.3) is 5.91 Å². The minimum absolute atomic E-state index is 0.0409. The number of aromatic amines is 1. The van der Waals surface area contributed by atoms with Gasteiger partial charge in [-0.25, -0.2) is 0 Å². The van der Waals surface area contributed by atoms with Crippen LogP contribution in [0.15, 0.2) is 48.7 Å². The number of amides is 1. The third-order valence-electron chi connectivity index (χ3n) is 3.88. The van der Waals surface area contributed by atoms with Crippen molar-refractivity contribution in [2.45, 2.75) is 6.92 Å². The van der Waals surface area contributed by atoms with Gasteiger partial charge < -0.3 is 10.3 Å². The smallest absolute Gasteiger partial charge is 0.256 e. The molecule has 3 aromatic rings. The van der Waals surface area contributed by atoms with Crippen LogP contribution in [0.25, 0.3) is 22.6 Å². The Morgan fingerprint density at radius 2 is 1.95 bits per heavy atom. The molecule has 1 amide bonds.